The van der Waals surface area contributed by atoms with Crippen LogP contribution in [0.15, 0.2) is 102 Å². The van der Waals surface area contributed by atoms with Gasteiger partial charge in [-0.25, -0.2) is 0 Å². The maximum Gasteiger partial charge on any atom is 0.493 e. The van der Waals surface area contributed by atoms with Crippen molar-refractivity contribution in [3.8, 4) is 11.3 Å². The van der Waals surface area contributed by atoms with Gasteiger partial charge in [0.25, 0.3) is 6.20 Å². The molecule has 1 aliphatic heterocycles. The van der Waals surface area contributed by atoms with E-state index in [0.29, 0.717) is 6.04 Å². The molecular weight excluding hydrogens is 599 g/mol. The van der Waals surface area contributed by atoms with Crippen molar-refractivity contribution in [3.63, 3.8) is 0 Å². The van der Waals surface area contributed by atoms with E-state index >= 15 is 0 Å². The van der Waals surface area contributed by atoms with Crippen LogP contribution in [0.1, 0.15) is 13.8 Å². The predicted octanol–water partition coefficient (Wildman–Crippen LogP) is 6.66. The molecule has 34 heavy (non-hydrogen) atoms. The van der Waals surface area contributed by atoms with Crippen molar-refractivity contribution in [1.82, 2.24) is 4.98 Å². The molecule has 0 saturated heterocycles. The van der Waals surface area contributed by atoms with Crippen LogP contribution < -0.4 is 0 Å². The molecule has 2 aromatic heterocycles. The Balaban J connectivity index is 0.000000180. The zero-order valence-corrected chi connectivity index (χ0v) is 21.3. The molecule has 0 fully saturated rings. The Hall–Kier alpha value is -3.62. The molecule has 169 valence electrons. The van der Waals surface area contributed by atoms with Crippen molar-refractivity contribution in [2.45, 2.75) is 19.9 Å². The van der Waals surface area contributed by atoms with E-state index in [2.05, 4.69) is 49.1 Å². The number of furan rings is 1. The van der Waals surface area contributed by atoms with E-state index in [1.165, 1.54) is 0 Å². The van der Waals surface area contributed by atoms with E-state index in [1.54, 1.807) is 6.20 Å². The van der Waals surface area contributed by atoms with Gasteiger partial charge in [-0.2, -0.15) is 0 Å². The maximum atomic E-state index is 5.83. The average Bonchev–Trinajstić information content (AvgIpc) is 3.51. The third-order valence-electron chi connectivity index (χ3n) is 5.36. The second-order valence-corrected chi connectivity index (χ2v) is 7.95. The van der Waals surface area contributed by atoms with Crippen molar-refractivity contribution in [2.24, 2.45) is 0 Å². The average molecular weight is 622 g/mol. The SMILES string of the molecule is CC(C)[N+]1=C=[N+](c2[c-]cc3oc4ccccc4c3c2)C=C1.[Ir].[c-]1ccccc1-c1ccccn1. The van der Waals surface area contributed by atoms with Gasteiger partial charge in [0.15, 0.2) is 6.04 Å². The van der Waals surface area contributed by atoms with Crippen LogP contribution in [0, 0.1) is 12.1 Å². The summed E-state index contributed by atoms with van der Waals surface area (Å²) < 4.78 is 9.84. The summed E-state index contributed by atoms with van der Waals surface area (Å²) in [6.07, 6.45) is 5.81. The van der Waals surface area contributed by atoms with Crippen LogP contribution in [-0.2, 0) is 20.1 Å². The Morgan fingerprint density at radius 1 is 0.882 bits per heavy atom. The fourth-order valence-corrected chi connectivity index (χ4v) is 3.62. The minimum atomic E-state index is 0. The fourth-order valence-electron chi connectivity index (χ4n) is 3.62. The monoisotopic (exact) mass is 622 g/mol. The molecule has 0 saturated carbocycles. The third kappa shape index (κ3) is 4.98. The van der Waals surface area contributed by atoms with Crippen molar-refractivity contribution in [3.05, 3.63) is 110 Å². The van der Waals surface area contributed by atoms with Crippen LogP contribution in [0.2, 0.25) is 0 Å². The van der Waals surface area contributed by atoms with Crippen LogP contribution in [0.5, 0.6) is 0 Å². The molecule has 4 nitrogen and oxygen atoms in total. The number of fused-ring (bicyclic) bond motifs is 3. The molecule has 0 N–H and O–H groups in total. The van der Waals surface area contributed by atoms with E-state index in [4.69, 9.17) is 4.42 Å². The fraction of sp³-hybridized carbons (Fsp3) is 0.103. The molecule has 0 bridgehead atoms. The Kier molecular flexibility index (Phi) is 7.30. The van der Waals surface area contributed by atoms with Gasteiger partial charge in [-0.1, -0.05) is 50.9 Å². The molecule has 3 aromatic carbocycles. The van der Waals surface area contributed by atoms with Gasteiger partial charge in [0, 0.05) is 37.3 Å². The van der Waals surface area contributed by atoms with Gasteiger partial charge in [-0.15, -0.1) is 48.0 Å². The van der Waals surface area contributed by atoms with E-state index in [0.717, 1.165) is 38.9 Å². The van der Waals surface area contributed by atoms with E-state index in [-0.39, 0.29) is 20.1 Å². The number of hydrogen-bond donors (Lipinski definition) is 0. The molecule has 6 rings (SSSR count). The predicted molar refractivity (Wildman–Crippen MR) is 131 cm³/mol. The minimum Gasteiger partial charge on any atom is -0.516 e. The summed E-state index contributed by atoms with van der Waals surface area (Å²) in [6, 6.07) is 35.9. The molecule has 3 heterocycles. The zero-order valence-electron chi connectivity index (χ0n) is 18.9. The van der Waals surface area contributed by atoms with Gasteiger partial charge in [0.2, 0.25) is 6.20 Å². The first-order chi connectivity index (χ1) is 16.2. The summed E-state index contributed by atoms with van der Waals surface area (Å²) in [5, 5.41) is 2.24. The van der Waals surface area contributed by atoms with E-state index < -0.39 is 0 Å². The van der Waals surface area contributed by atoms with Crippen molar-refractivity contribution in [1.29, 1.82) is 0 Å². The van der Waals surface area contributed by atoms with Gasteiger partial charge in [0.05, 0.1) is 0 Å². The molecule has 5 heteroatoms. The maximum absolute atomic E-state index is 5.83. The first-order valence-electron chi connectivity index (χ1n) is 10.9. The van der Waals surface area contributed by atoms with Crippen LogP contribution in [0.3, 0.4) is 0 Å². The molecule has 1 radical (unpaired) electrons. The number of aromatic nitrogens is 1. The van der Waals surface area contributed by atoms with Gasteiger partial charge in [-0.05, 0) is 31.7 Å². The second-order valence-electron chi connectivity index (χ2n) is 7.95. The van der Waals surface area contributed by atoms with Gasteiger partial charge in [-0.3, -0.25) is 0 Å². The summed E-state index contributed by atoms with van der Waals surface area (Å²) in [7, 11) is 0. The molecule has 0 spiro atoms. The number of pyridine rings is 1. The Bertz CT molecular complexity index is 1480. The van der Waals surface area contributed by atoms with Gasteiger partial charge in [0.1, 0.15) is 11.3 Å². The third-order valence-corrected chi connectivity index (χ3v) is 5.36. The summed E-state index contributed by atoms with van der Waals surface area (Å²) in [4.78, 5) is 4.22. The van der Waals surface area contributed by atoms with E-state index in [1.807, 2.05) is 88.3 Å². The van der Waals surface area contributed by atoms with Gasteiger partial charge >= 0.3 is 6.01 Å². The smallest absolute Gasteiger partial charge is 0.493 e. The summed E-state index contributed by atoms with van der Waals surface area (Å²) >= 11 is 0. The largest absolute Gasteiger partial charge is 0.516 e. The molecule has 0 aliphatic carbocycles. The first-order valence-corrected chi connectivity index (χ1v) is 10.9. The molecule has 0 amide bonds. The van der Waals surface area contributed by atoms with Crippen LogP contribution in [-0.4, -0.2) is 26.2 Å². The Labute approximate surface area is 212 Å². The van der Waals surface area contributed by atoms with Gasteiger partial charge < -0.3 is 9.40 Å². The molecule has 5 aromatic rings. The first kappa shape index (κ1) is 23.5. The quantitative estimate of drug-likeness (QED) is 0.167. The molecule has 0 unspecified atom stereocenters. The van der Waals surface area contributed by atoms with Crippen molar-refractivity contribution < 1.29 is 33.7 Å². The minimum absolute atomic E-state index is 0. The number of hydrogen-bond acceptors (Lipinski definition) is 2. The number of benzene rings is 3. The summed E-state index contributed by atoms with van der Waals surface area (Å²) in [5.74, 6) is 0. The Morgan fingerprint density at radius 2 is 1.71 bits per heavy atom. The summed E-state index contributed by atoms with van der Waals surface area (Å²) in [5.41, 5.74) is 4.75. The van der Waals surface area contributed by atoms with E-state index in [9.17, 15) is 0 Å². The zero-order chi connectivity index (χ0) is 22.6. The van der Waals surface area contributed by atoms with Crippen molar-refractivity contribution >= 4 is 33.6 Å². The normalized spacial score (nSPS) is 12.2. The van der Waals surface area contributed by atoms with Crippen LogP contribution in [0.25, 0.3) is 33.2 Å². The van der Waals surface area contributed by atoms with Crippen molar-refractivity contribution in [2.75, 3.05) is 0 Å². The van der Waals surface area contributed by atoms with Crippen LogP contribution in [0.4, 0.5) is 5.69 Å². The number of nitrogens with zero attached hydrogens (tertiary/aromatic N) is 3. The Morgan fingerprint density at radius 3 is 2.44 bits per heavy atom. The second kappa shape index (κ2) is 10.5. The van der Waals surface area contributed by atoms with Crippen LogP contribution >= 0.6 is 0 Å². The summed E-state index contributed by atoms with van der Waals surface area (Å²) in [6.45, 7) is 4.27. The standard InChI is InChI=1S/C18H15N2O.C11H8N.Ir/c1-13(2)19-9-10-20(12-19)14-7-8-18-16(11-14)15-5-3-4-6-17(15)21-18;1-2-6-10(7-3-1)11-8-4-5-9-12-11;/h3-6,8-11,13H,1-2H3;1-6,8-9H;/q+1;-1;. The topological polar surface area (TPSA) is 32.0 Å². The molecule has 1 aliphatic rings. The number of para-hydroxylation sites is 1. The molecule has 0 atom stereocenters. The number of rotatable bonds is 3. The molecular formula is C29H23IrN3O.